The van der Waals surface area contributed by atoms with E-state index in [-0.39, 0.29) is 23.8 Å². The van der Waals surface area contributed by atoms with Crippen LogP contribution in [0.25, 0.3) is 0 Å². The van der Waals surface area contributed by atoms with Crippen molar-refractivity contribution in [3.05, 3.63) is 58.7 Å². The van der Waals surface area contributed by atoms with Gasteiger partial charge in [0.25, 0.3) is 5.91 Å². The molecular formula is C23H25BN2O2. The van der Waals surface area contributed by atoms with Crippen LogP contribution in [0.3, 0.4) is 0 Å². The van der Waals surface area contributed by atoms with E-state index in [4.69, 9.17) is 7.85 Å². The number of rotatable bonds is 3. The molecule has 0 unspecified atom stereocenters. The van der Waals surface area contributed by atoms with Crippen LogP contribution < -0.4 is 10.8 Å². The van der Waals surface area contributed by atoms with E-state index in [2.05, 4.69) is 18.3 Å². The molecule has 0 aromatic heterocycles. The summed E-state index contributed by atoms with van der Waals surface area (Å²) in [7, 11) is 5.93. The van der Waals surface area contributed by atoms with Crippen molar-refractivity contribution in [3.8, 4) is 0 Å². The molecule has 1 fully saturated rings. The number of fused-ring (bicyclic) bond motifs is 1. The number of hydrogen-bond acceptors (Lipinski definition) is 2. The Hall–Kier alpha value is -2.56. The molecule has 4 nitrogen and oxygen atoms in total. The summed E-state index contributed by atoms with van der Waals surface area (Å²) in [5.41, 5.74) is 5.62. The fraction of sp³-hybridized carbons (Fsp3) is 0.391. The van der Waals surface area contributed by atoms with Crippen LogP contribution >= 0.6 is 0 Å². The number of nitrogens with one attached hydrogen (secondary N) is 1. The molecule has 2 amide bonds. The zero-order chi connectivity index (χ0) is 19.8. The summed E-state index contributed by atoms with van der Waals surface area (Å²) in [6.45, 7) is 4.71. The lowest BCUT2D eigenvalue weighted by Gasteiger charge is -2.34. The molecule has 0 bridgehead atoms. The number of carbonyl (C=O) groups is 2. The van der Waals surface area contributed by atoms with Crippen molar-refractivity contribution in [1.29, 1.82) is 0 Å². The van der Waals surface area contributed by atoms with Crippen LogP contribution in [-0.2, 0) is 11.3 Å². The van der Waals surface area contributed by atoms with Gasteiger partial charge in [0.2, 0.25) is 5.91 Å². The number of hydrogen-bond donors (Lipinski definition) is 1. The lowest BCUT2D eigenvalue weighted by molar-refractivity contribution is -0.121. The molecule has 1 heterocycles. The fourth-order valence-electron chi connectivity index (χ4n) is 4.42. The van der Waals surface area contributed by atoms with Crippen molar-refractivity contribution in [3.63, 3.8) is 0 Å². The summed E-state index contributed by atoms with van der Waals surface area (Å²) in [4.78, 5) is 27.5. The quantitative estimate of drug-likeness (QED) is 0.841. The maximum Gasteiger partial charge on any atom is 0.254 e. The molecule has 2 radical (unpaired) electrons. The minimum absolute atomic E-state index is 0.0133. The Morgan fingerprint density at radius 2 is 1.82 bits per heavy atom. The highest BCUT2D eigenvalue weighted by molar-refractivity contribution is 6.33. The van der Waals surface area contributed by atoms with Crippen molar-refractivity contribution >= 4 is 30.8 Å². The molecule has 1 saturated carbocycles. The largest absolute Gasteiger partial charge is 0.331 e. The van der Waals surface area contributed by atoms with Crippen molar-refractivity contribution < 1.29 is 9.59 Å². The van der Waals surface area contributed by atoms with Crippen molar-refractivity contribution in [2.75, 3.05) is 5.32 Å². The molecule has 0 atom stereocenters. The lowest BCUT2D eigenvalue weighted by Crippen LogP contribution is -2.40. The van der Waals surface area contributed by atoms with Crippen LogP contribution in [-0.4, -0.2) is 30.6 Å². The first-order valence-electron chi connectivity index (χ1n) is 10.0. The summed E-state index contributed by atoms with van der Waals surface area (Å²) in [6.07, 6.45) is 3.34. The first-order valence-corrected chi connectivity index (χ1v) is 10.0. The average Bonchev–Trinajstić information content (AvgIpc) is 3.03. The normalized spacial score (nSPS) is 21.5. The van der Waals surface area contributed by atoms with Crippen LogP contribution in [0.15, 0.2) is 36.4 Å². The van der Waals surface area contributed by atoms with Gasteiger partial charge in [0.05, 0.1) is 0 Å². The average molecular weight is 372 g/mol. The summed E-state index contributed by atoms with van der Waals surface area (Å²) in [5, 5.41) is 2.99. The van der Waals surface area contributed by atoms with Gasteiger partial charge in [-0.1, -0.05) is 29.2 Å². The van der Waals surface area contributed by atoms with E-state index in [1.165, 1.54) is 5.56 Å². The smallest absolute Gasteiger partial charge is 0.254 e. The monoisotopic (exact) mass is 372 g/mol. The van der Waals surface area contributed by atoms with Gasteiger partial charge in [-0.2, -0.15) is 0 Å². The first kappa shape index (κ1) is 18.8. The number of benzene rings is 2. The minimum atomic E-state index is -0.0133. The third-order valence-corrected chi connectivity index (χ3v) is 6.29. The van der Waals surface area contributed by atoms with E-state index >= 15 is 0 Å². The Bertz CT molecular complexity index is 932. The van der Waals surface area contributed by atoms with Crippen molar-refractivity contribution in [2.45, 2.75) is 52.1 Å². The van der Waals surface area contributed by atoms with Gasteiger partial charge >= 0.3 is 0 Å². The van der Waals surface area contributed by atoms with E-state index in [1.807, 2.05) is 36.1 Å². The second-order valence-electron chi connectivity index (χ2n) is 8.10. The highest BCUT2D eigenvalue weighted by Crippen LogP contribution is 2.34. The first-order chi connectivity index (χ1) is 13.4. The number of nitrogens with zero attached hydrogens (tertiary/aromatic N) is 1. The molecule has 142 valence electrons. The van der Waals surface area contributed by atoms with Crippen LogP contribution in [0.1, 0.15) is 52.7 Å². The zero-order valence-electron chi connectivity index (χ0n) is 16.5. The zero-order valence-corrected chi connectivity index (χ0v) is 16.5. The molecular weight excluding hydrogens is 347 g/mol. The molecule has 0 saturated heterocycles. The molecule has 1 N–H and O–H groups in total. The number of anilines is 1. The van der Waals surface area contributed by atoms with Gasteiger partial charge in [-0.15, -0.1) is 0 Å². The predicted octanol–water partition coefficient (Wildman–Crippen LogP) is 3.25. The second-order valence-corrected chi connectivity index (χ2v) is 8.10. The Morgan fingerprint density at radius 1 is 1.07 bits per heavy atom. The molecule has 0 spiro atoms. The van der Waals surface area contributed by atoms with Gasteiger partial charge < -0.3 is 10.2 Å². The molecule has 2 aliphatic rings. The maximum atomic E-state index is 12.8. The topological polar surface area (TPSA) is 49.4 Å². The van der Waals surface area contributed by atoms with Crippen molar-refractivity contribution in [2.24, 2.45) is 5.92 Å². The highest BCUT2D eigenvalue weighted by atomic mass is 16.2. The van der Waals surface area contributed by atoms with E-state index in [0.29, 0.717) is 12.0 Å². The van der Waals surface area contributed by atoms with Gasteiger partial charge in [0, 0.05) is 29.8 Å². The molecule has 1 aliphatic heterocycles. The van der Waals surface area contributed by atoms with Crippen LogP contribution in [0.5, 0.6) is 0 Å². The maximum absolute atomic E-state index is 12.8. The van der Waals surface area contributed by atoms with E-state index in [9.17, 15) is 9.59 Å². The number of amides is 2. The molecule has 5 heteroatoms. The molecule has 2 aromatic rings. The van der Waals surface area contributed by atoms with Gasteiger partial charge in [-0.3, -0.25) is 9.59 Å². The summed E-state index contributed by atoms with van der Waals surface area (Å²) < 4.78 is 0. The van der Waals surface area contributed by atoms with Gasteiger partial charge in [-0.25, -0.2) is 0 Å². The van der Waals surface area contributed by atoms with Crippen LogP contribution in [0.4, 0.5) is 5.69 Å². The summed E-state index contributed by atoms with van der Waals surface area (Å²) in [5.74, 6) is 0.177. The lowest BCUT2D eigenvalue weighted by atomic mass is 9.84. The Balaban J connectivity index is 1.36. The molecule has 2 aromatic carbocycles. The molecule has 4 rings (SSSR count). The fourth-order valence-corrected chi connectivity index (χ4v) is 4.42. The van der Waals surface area contributed by atoms with Gasteiger partial charge in [-0.05, 0) is 68.9 Å². The third-order valence-electron chi connectivity index (χ3n) is 6.29. The van der Waals surface area contributed by atoms with Crippen LogP contribution in [0, 0.1) is 19.8 Å². The highest BCUT2D eigenvalue weighted by Gasteiger charge is 2.36. The Morgan fingerprint density at radius 3 is 2.50 bits per heavy atom. The minimum Gasteiger partial charge on any atom is -0.331 e. The second kappa shape index (κ2) is 7.46. The standard InChI is InChI=1S/C23H25BN2O2/c1-14-4-3-5-19-20(14)13-26(23(19)28)18-10-7-16(8-11-18)22(27)25-17-9-6-15(2)21(24)12-17/h3-6,9,12,16,18H,7-8,10-11,13H2,1-2H3,(H,25,27). The Kier molecular flexibility index (Phi) is 5.01. The predicted molar refractivity (Wildman–Crippen MR) is 112 cm³/mol. The van der Waals surface area contributed by atoms with Gasteiger partial charge in [0.1, 0.15) is 7.85 Å². The SMILES string of the molecule is [B]c1cc(NC(=O)C2CCC(N3Cc4c(C)cccc4C3=O)CC2)ccc1C. The summed E-state index contributed by atoms with van der Waals surface area (Å²) in [6, 6.07) is 11.8. The summed E-state index contributed by atoms with van der Waals surface area (Å²) >= 11 is 0. The third kappa shape index (κ3) is 3.46. The number of carbonyl (C=O) groups excluding carboxylic acids is 2. The number of aryl methyl sites for hydroxylation is 2. The van der Waals surface area contributed by atoms with E-state index in [0.717, 1.165) is 48.1 Å². The molecule has 28 heavy (non-hydrogen) atoms. The van der Waals surface area contributed by atoms with Crippen LogP contribution in [0.2, 0.25) is 0 Å². The Labute approximate surface area is 167 Å². The van der Waals surface area contributed by atoms with Gasteiger partial charge in [0.15, 0.2) is 0 Å². The molecule has 1 aliphatic carbocycles. The van der Waals surface area contributed by atoms with E-state index in [1.54, 1.807) is 6.07 Å². The van der Waals surface area contributed by atoms with E-state index < -0.39 is 0 Å². The van der Waals surface area contributed by atoms with Crippen molar-refractivity contribution in [1.82, 2.24) is 4.90 Å².